The van der Waals surface area contributed by atoms with Gasteiger partial charge in [0, 0.05) is 39.0 Å². The van der Waals surface area contributed by atoms with Crippen molar-refractivity contribution in [2.45, 2.75) is 38.6 Å². The number of carbonyl (C=O) groups is 1. The Bertz CT molecular complexity index is 880. The van der Waals surface area contributed by atoms with E-state index in [1.54, 1.807) is 7.05 Å². The lowest BCUT2D eigenvalue weighted by atomic mass is 10.1. The zero-order chi connectivity index (χ0) is 18.0. The summed E-state index contributed by atoms with van der Waals surface area (Å²) in [5, 5.41) is 3.29. The lowest BCUT2D eigenvalue weighted by molar-refractivity contribution is -0.133. The molecule has 0 bridgehead atoms. The third-order valence-corrected chi connectivity index (χ3v) is 4.64. The van der Waals surface area contributed by atoms with Gasteiger partial charge in [0.05, 0.1) is 0 Å². The Balaban J connectivity index is 0.00000243. The van der Waals surface area contributed by atoms with Crippen molar-refractivity contribution in [3.05, 3.63) is 26.7 Å². The fourth-order valence-corrected chi connectivity index (χ4v) is 3.30. The Kier molecular flexibility index (Phi) is 6.60. The Morgan fingerprint density at radius 1 is 1.35 bits per heavy atom. The van der Waals surface area contributed by atoms with Crippen molar-refractivity contribution in [2.24, 2.45) is 7.05 Å². The molecule has 3 rings (SSSR count). The average molecular weight is 385 g/mol. The van der Waals surface area contributed by atoms with Crippen LogP contribution in [0, 0.1) is 0 Å². The van der Waals surface area contributed by atoms with Crippen LogP contribution in [0.3, 0.4) is 0 Å². The Labute approximate surface area is 156 Å². The molecule has 1 saturated heterocycles. The number of rotatable bonds is 6. The van der Waals surface area contributed by atoms with Gasteiger partial charge in [-0.15, -0.1) is 12.4 Å². The SMILES string of the molecule is CCCN(C(=O)CCc1nc2c([nH]1)c(=O)[nH]c(=O)n2C)C1CCNC1.Cl. The molecule has 0 aromatic carbocycles. The van der Waals surface area contributed by atoms with Gasteiger partial charge in [-0.3, -0.25) is 19.1 Å². The van der Waals surface area contributed by atoms with Crippen LogP contribution in [-0.2, 0) is 18.3 Å². The summed E-state index contributed by atoms with van der Waals surface area (Å²) in [6, 6.07) is 0.256. The highest BCUT2D eigenvalue weighted by Crippen LogP contribution is 2.13. The molecule has 26 heavy (non-hydrogen) atoms. The van der Waals surface area contributed by atoms with Gasteiger partial charge < -0.3 is 15.2 Å². The number of halogens is 1. The third-order valence-electron chi connectivity index (χ3n) is 4.64. The molecule has 0 spiro atoms. The normalized spacial score (nSPS) is 16.6. The highest BCUT2D eigenvalue weighted by atomic mass is 35.5. The second-order valence-electron chi connectivity index (χ2n) is 6.43. The van der Waals surface area contributed by atoms with Crippen LogP contribution in [0.15, 0.2) is 9.59 Å². The number of H-pyrrole nitrogens is 2. The van der Waals surface area contributed by atoms with Gasteiger partial charge in [0.15, 0.2) is 5.65 Å². The lowest BCUT2D eigenvalue weighted by Gasteiger charge is -2.28. The maximum Gasteiger partial charge on any atom is 0.329 e. The van der Waals surface area contributed by atoms with Crippen molar-refractivity contribution in [3.8, 4) is 0 Å². The van der Waals surface area contributed by atoms with E-state index in [9.17, 15) is 14.4 Å². The van der Waals surface area contributed by atoms with E-state index in [2.05, 4.69) is 27.2 Å². The van der Waals surface area contributed by atoms with Gasteiger partial charge in [-0.25, -0.2) is 9.78 Å². The molecule has 1 unspecified atom stereocenters. The van der Waals surface area contributed by atoms with Crippen molar-refractivity contribution in [3.63, 3.8) is 0 Å². The van der Waals surface area contributed by atoms with E-state index >= 15 is 0 Å². The Morgan fingerprint density at radius 3 is 2.77 bits per heavy atom. The summed E-state index contributed by atoms with van der Waals surface area (Å²) in [6.45, 7) is 4.60. The maximum absolute atomic E-state index is 12.6. The minimum Gasteiger partial charge on any atom is -0.338 e. The molecule has 9 nitrogen and oxygen atoms in total. The zero-order valence-corrected chi connectivity index (χ0v) is 15.8. The maximum atomic E-state index is 12.6. The summed E-state index contributed by atoms with van der Waals surface area (Å²) < 4.78 is 1.28. The minimum absolute atomic E-state index is 0. The molecule has 0 aliphatic carbocycles. The van der Waals surface area contributed by atoms with E-state index in [1.807, 2.05) is 4.90 Å². The summed E-state index contributed by atoms with van der Waals surface area (Å²) in [6.07, 6.45) is 2.63. The first-order valence-electron chi connectivity index (χ1n) is 8.69. The van der Waals surface area contributed by atoms with Crippen LogP contribution in [0.2, 0.25) is 0 Å². The Hall–Kier alpha value is -2.13. The monoisotopic (exact) mass is 384 g/mol. The second kappa shape index (κ2) is 8.50. The third kappa shape index (κ3) is 3.99. The van der Waals surface area contributed by atoms with Crippen molar-refractivity contribution in [1.29, 1.82) is 0 Å². The van der Waals surface area contributed by atoms with Gasteiger partial charge in [-0.1, -0.05) is 6.92 Å². The number of hydrogen-bond acceptors (Lipinski definition) is 5. The van der Waals surface area contributed by atoms with Crippen molar-refractivity contribution in [2.75, 3.05) is 19.6 Å². The number of hydrogen-bond donors (Lipinski definition) is 3. The molecule has 2 aromatic rings. The summed E-state index contributed by atoms with van der Waals surface area (Å²) in [5.41, 5.74) is -0.432. The number of aromatic amines is 2. The molecular formula is C16H25ClN6O3. The molecule has 2 aromatic heterocycles. The first kappa shape index (κ1) is 20.2. The van der Waals surface area contributed by atoms with Gasteiger partial charge in [0.2, 0.25) is 5.91 Å². The van der Waals surface area contributed by atoms with Crippen molar-refractivity contribution in [1.82, 2.24) is 29.7 Å². The smallest absolute Gasteiger partial charge is 0.329 e. The second-order valence-corrected chi connectivity index (χ2v) is 6.43. The topological polar surface area (TPSA) is 116 Å². The molecule has 1 fully saturated rings. The fraction of sp³-hybridized carbons (Fsp3) is 0.625. The number of aromatic nitrogens is 4. The molecule has 0 saturated carbocycles. The van der Waals surface area contributed by atoms with Crippen LogP contribution >= 0.6 is 12.4 Å². The van der Waals surface area contributed by atoms with Crippen LogP contribution < -0.4 is 16.6 Å². The van der Waals surface area contributed by atoms with E-state index in [1.165, 1.54) is 4.57 Å². The Morgan fingerprint density at radius 2 is 2.12 bits per heavy atom. The number of aryl methyl sites for hydroxylation is 2. The predicted octanol–water partition coefficient (Wildman–Crippen LogP) is -0.0952. The summed E-state index contributed by atoms with van der Waals surface area (Å²) in [5.74, 6) is 0.634. The zero-order valence-electron chi connectivity index (χ0n) is 15.0. The standard InChI is InChI=1S/C16H24N6O3.ClH/c1-3-8-22(10-6-7-17-9-10)12(23)5-4-11-18-13-14(19-11)21(2)16(25)20-15(13)24;/h10,17H,3-9H2,1-2H3,(H,18,19)(H,20,24,25);1H. The molecule has 1 aliphatic rings. The summed E-state index contributed by atoms with van der Waals surface area (Å²) in [4.78, 5) is 47.5. The number of nitrogens with one attached hydrogen (secondary N) is 3. The number of nitrogens with zero attached hydrogens (tertiary/aromatic N) is 3. The molecule has 3 heterocycles. The van der Waals surface area contributed by atoms with Crippen molar-refractivity contribution >= 4 is 29.5 Å². The number of amides is 1. The number of fused-ring (bicyclic) bond motifs is 1. The summed E-state index contributed by atoms with van der Waals surface area (Å²) in [7, 11) is 1.55. The summed E-state index contributed by atoms with van der Waals surface area (Å²) >= 11 is 0. The average Bonchev–Trinajstić information content (AvgIpc) is 3.25. The quantitative estimate of drug-likeness (QED) is 0.643. The van der Waals surface area contributed by atoms with Gasteiger partial charge in [-0.2, -0.15) is 0 Å². The van der Waals surface area contributed by atoms with Gasteiger partial charge in [0.25, 0.3) is 5.56 Å². The molecule has 3 N–H and O–H groups in total. The van der Waals surface area contributed by atoms with Gasteiger partial charge >= 0.3 is 5.69 Å². The first-order valence-corrected chi connectivity index (χ1v) is 8.69. The molecule has 10 heteroatoms. The number of carbonyl (C=O) groups excluding carboxylic acids is 1. The van der Waals surface area contributed by atoms with E-state index in [0.29, 0.717) is 24.3 Å². The van der Waals surface area contributed by atoms with Crippen LogP contribution in [0.1, 0.15) is 32.0 Å². The molecule has 1 amide bonds. The lowest BCUT2D eigenvalue weighted by Crippen LogP contribution is -2.42. The minimum atomic E-state index is -0.505. The van der Waals surface area contributed by atoms with Crippen LogP contribution in [0.4, 0.5) is 0 Å². The van der Waals surface area contributed by atoms with Gasteiger partial charge in [-0.05, 0) is 19.4 Å². The highest BCUT2D eigenvalue weighted by Gasteiger charge is 2.25. The highest BCUT2D eigenvalue weighted by molar-refractivity contribution is 5.85. The largest absolute Gasteiger partial charge is 0.338 e. The predicted molar refractivity (Wildman–Crippen MR) is 101 cm³/mol. The van der Waals surface area contributed by atoms with Crippen molar-refractivity contribution < 1.29 is 4.79 Å². The molecular weight excluding hydrogens is 360 g/mol. The molecule has 0 radical (unpaired) electrons. The van der Waals surface area contributed by atoms with Crippen LogP contribution in [0.5, 0.6) is 0 Å². The van der Waals surface area contributed by atoms with Gasteiger partial charge in [0.1, 0.15) is 11.3 Å². The first-order chi connectivity index (χ1) is 12.0. The van der Waals surface area contributed by atoms with Crippen LogP contribution in [0.25, 0.3) is 11.2 Å². The van der Waals surface area contributed by atoms with E-state index < -0.39 is 11.2 Å². The molecule has 1 aliphatic heterocycles. The van der Waals surface area contributed by atoms with E-state index in [0.717, 1.165) is 32.5 Å². The molecule has 144 valence electrons. The van der Waals surface area contributed by atoms with E-state index in [-0.39, 0.29) is 29.9 Å². The van der Waals surface area contributed by atoms with Crippen LogP contribution in [-0.4, -0.2) is 56.0 Å². The van der Waals surface area contributed by atoms with E-state index in [4.69, 9.17) is 0 Å². The fourth-order valence-electron chi connectivity index (χ4n) is 3.30. The number of imidazole rings is 1. The molecule has 1 atom stereocenters.